The van der Waals surface area contributed by atoms with Gasteiger partial charge in [0.1, 0.15) is 17.9 Å². The molecule has 0 saturated heterocycles. The maximum absolute atomic E-state index is 13.5. The summed E-state index contributed by atoms with van der Waals surface area (Å²) in [7, 11) is 0. The van der Waals surface area contributed by atoms with Crippen LogP contribution in [0.15, 0.2) is 54.7 Å². The fraction of sp³-hybridized carbons (Fsp3) is 0.227. The average Bonchev–Trinajstić information content (AvgIpc) is 2.72. The summed E-state index contributed by atoms with van der Waals surface area (Å²) in [6.45, 7) is 1.27. The van der Waals surface area contributed by atoms with Crippen LogP contribution >= 0.6 is 0 Å². The second-order valence-electron chi connectivity index (χ2n) is 7.10. The topological polar surface area (TPSA) is 127 Å². The second kappa shape index (κ2) is 9.75. The van der Waals surface area contributed by atoms with Crippen LogP contribution < -0.4 is 16.4 Å². The first-order valence-corrected chi connectivity index (χ1v) is 9.63. The van der Waals surface area contributed by atoms with Crippen molar-refractivity contribution in [2.45, 2.75) is 31.8 Å². The molecule has 0 aliphatic rings. The zero-order chi connectivity index (χ0) is 22.4. The fourth-order valence-electron chi connectivity index (χ4n) is 3.15. The summed E-state index contributed by atoms with van der Waals surface area (Å²) in [5.74, 6) is -2.26. The molecule has 31 heavy (non-hydrogen) atoms. The Morgan fingerprint density at radius 2 is 1.74 bits per heavy atom. The summed E-state index contributed by atoms with van der Waals surface area (Å²) in [5, 5.41) is 5.09. The number of fused-ring (bicyclic) bond motifs is 1. The number of nitrogens with zero attached hydrogens (tertiary/aromatic N) is 2. The summed E-state index contributed by atoms with van der Waals surface area (Å²) in [6.07, 6.45) is 1.60. The van der Waals surface area contributed by atoms with Crippen LogP contribution in [-0.4, -0.2) is 39.8 Å². The number of primary amides is 1. The Bertz CT molecular complexity index is 1120. The molecule has 8 nitrogen and oxygen atoms in total. The van der Waals surface area contributed by atoms with E-state index in [1.54, 1.807) is 12.1 Å². The largest absolute Gasteiger partial charge is 0.368 e. The maximum Gasteiger partial charge on any atom is 0.243 e. The highest BCUT2D eigenvalue weighted by Crippen LogP contribution is 2.11. The fourth-order valence-corrected chi connectivity index (χ4v) is 3.15. The first-order chi connectivity index (χ1) is 14.8. The van der Waals surface area contributed by atoms with E-state index >= 15 is 0 Å². The Kier molecular flexibility index (Phi) is 6.86. The normalized spacial score (nSPS) is 12.7. The molecule has 3 aromatic rings. The zero-order valence-electron chi connectivity index (χ0n) is 16.8. The number of rotatable bonds is 8. The molecule has 160 valence electrons. The van der Waals surface area contributed by atoms with Gasteiger partial charge in [0.05, 0.1) is 16.7 Å². The number of para-hydroxylation sites is 2. The first kappa shape index (κ1) is 21.8. The molecule has 0 bridgehead atoms. The van der Waals surface area contributed by atoms with E-state index in [1.165, 1.54) is 31.3 Å². The molecule has 0 saturated carbocycles. The lowest BCUT2D eigenvalue weighted by Crippen LogP contribution is -2.54. The van der Waals surface area contributed by atoms with E-state index < -0.39 is 35.6 Å². The van der Waals surface area contributed by atoms with E-state index in [0.29, 0.717) is 22.3 Å². The van der Waals surface area contributed by atoms with Crippen LogP contribution in [0, 0.1) is 5.82 Å². The molecule has 3 rings (SSSR count). The monoisotopic (exact) mass is 423 g/mol. The van der Waals surface area contributed by atoms with Crippen molar-refractivity contribution in [2.75, 3.05) is 0 Å². The van der Waals surface area contributed by atoms with Crippen molar-refractivity contribution >= 4 is 28.8 Å². The van der Waals surface area contributed by atoms with Crippen LogP contribution in [-0.2, 0) is 27.2 Å². The molecule has 0 aliphatic heterocycles. The van der Waals surface area contributed by atoms with Crippen molar-refractivity contribution in [3.63, 3.8) is 0 Å². The van der Waals surface area contributed by atoms with Crippen LogP contribution in [0.2, 0.25) is 0 Å². The number of nitrogens with one attached hydrogen (secondary N) is 2. The molecule has 0 unspecified atom stereocenters. The van der Waals surface area contributed by atoms with Gasteiger partial charge >= 0.3 is 0 Å². The van der Waals surface area contributed by atoms with E-state index in [0.717, 1.165) is 0 Å². The molecule has 9 heteroatoms. The highest BCUT2D eigenvalue weighted by Gasteiger charge is 2.26. The molecule has 4 N–H and O–H groups in total. The average molecular weight is 423 g/mol. The van der Waals surface area contributed by atoms with E-state index in [4.69, 9.17) is 5.73 Å². The van der Waals surface area contributed by atoms with E-state index in [9.17, 15) is 18.8 Å². The third kappa shape index (κ3) is 6.05. The standard InChI is InChI=1S/C22H22FN5O3/c1-13(29)26-20(10-14-5-4-6-15(23)9-14)22(31)28-19(21(24)30)11-16-12-25-17-7-2-3-8-18(17)27-16/h2-9,12,19-20H,10-11H2,1H3,(H2,24,30)(H,26,29)(H,28,31)/t19-,20-/m0/s1. The Hall–Kier alpha value is -3.88. The van der Waals surface area contributed by atoms with Gasteiger partial charge in [-0.3, -0.25) is 19.4 Å². The van der Waals surface area contributed by atoms with Crippen molar-refractivity contribution < 1.29 is 18.8 Å². The molecular formula is C22H22FN5O3. The number of carbonyl (C=O) groups is 3. The van der Waals surface area contributed by atoms with Crippen molar-refractivity contribution in [3.05, 3.63) is 71.8 Å². The number of hydrogen-bond donors (Lipinski definition) is 3. The quantitative estimate of drug-likeness (QED) is 0.499. The van der Waals surface area contributed by atoms with Gasteiger partial charge in [0.25, 0.3) is 0 Å². The van der Waals surface area contributed by atoms with Gasteiger partial charge in [-0.15, -0.1) is 0 Å². The number of halogens is 1. The van der Waals surface area contributed by atoms with Gasteiger partial charge in [0, 0.05) is 26.0 Å². The van der Waals surface area contributed by atoms with Gasteiger partial charge in [-0.1, -0.05) is 24.3 Å². The number of amides is 3. The SMILES string of the molecule is CC(=O)N[C@@H](Cc1cccc(F)c1)C(=O)N[C@@H](Cc1cnc2ccccc2n1)C(N)=O. The van der Waals surface area contributed by atoms with Crippen molar-refractivity contribution in [1.82, 2.24) is 20.6 Å². The van der Waals surface area contributed by atoms with Crippen LogP contribution in [0.5, 0.6) is 0 Å². The smallest absolute Gasteiger partial charge is 0.243 e. The molecule has 1 heterocycles. The third-order valence-electron chi connectivity index (χ3n) is 4.59. The van der Waals surface area contributed by atoms with Crippen LogP contribution in [0.25, 0.3) is 11.0 Å². The predicted octanol–water partition coefficient (Wildman–Crippen LogP) is 1.03. The maximum atomic E-state index is 13.5. The molecule has 0 fully saturated rings. The molecule has 1 aromatic heterocycles. The molecule has 0 aliphatic carbocycles. The molecule has 2 aromatic carbocycles. The number of carbonyl (C=O) groups excluding carboxylic acids is 3. The van der Waals surface area contributed by atoms with Crippen molar-refractivity contribution in [2.24, 2.45) is 5.73 Å². The Morgan fingerprint density at radius 1 is 1.00 bits per heavy atom. The minimum Gasteiger partial charge on any atom is -0.368 e. The predicted molar refractivity (Wildman–Crippen MR) is 112 cm³/mol. The van der Waals surface area contributed by atoms with Gasteiger partial charge in [0.2, 0.25) is 17.7 Å². The number of hydrogen-bond acceptors (Lipinski definition) is 5. The van der Waals surface area contributed by atoms with E-state index in [-0.39, 0.29) is 12.8 Å². The third-order valence-corrected chi connectivity index (χ3v) is 4.59. The first-order valence-electron chi connectivity index (χ1n) is 9.63. The molecule has 0 spiro atoms. The van der Waals surface area contributed by atoms with Gasteiger partial charge in [0.15, 0.2) is 0 Å². The highest BCUT2D eigenvalue weighted by molar-refractivity contribution is 5.91. The Balaban J connectivity index is 1.75. The second-order valence-corrected chi connectivity index (χ2v) is 7.10. The highest BCUT2D eigenvalue weighted by atomic mass is 19.1. The molecule has 2 atom stereocenters. The van der Waals surface area contributed by atoms with Crippen LogP contribution in [0.3, 0.4) is 0 Å². The van der Waals surface area contributed by atoms with Gasteiger partial charge in [-0.2, -0.15) is 0 Å². The lowest BCUT2D eigenvalue weighted by Gasteiger charge is -2.21. The summed E-state index contributed by atoms with van der Waals surface area (Å²) >= 11 is 0. The zero-order valence-corrected chi connectivity index (χ0v) is 16.8. The molecular weight excluding hydrogens is 401 g/mol. The summed E-state index contributed by atoms with van der Waals surface area (Å²) in [5.41, 5.74) is 7.83. The lowest BCUT2D eigenvalue weighted by molar-refractivity contribution is -0.130. The van der Waals surface area contributed by atoms with Crippen molar-refractivity contribution in [3.8, 4) is 0 Å². The lowest BCUT2D eigenvalue weighted by atomic mass is 10.0. The summed E-state index contributed by atoms with van der Waals surface area (Å²) < 4.78 is 13.5. The Morgan fingerprint density at radius 3 is 2.42 bits per heavy atom. The molecule has 0 radical (unpaired) electrons. The van der Waals surface area contributed by atoms with Gasteiger partial charge in [-0.25, -0.2) is 9.37 Å². The van der Waals surface area contributed by atoms with Gasteiger partial charge in [-0.05, 0) is 29.8 Å². The minimum atomic E-state index is -1.06. The van der Waals surface area contributed by atoms with Crippen LogP contribution in [0.1, 0.15) is 18.2 Å². The number of aromatic nitrogens is 2. The summed E-state index contributed by atoms with van der Waals surface area (Å²) in [6, 6.07) is 10.9. The molecule has 3 amide bonds. The van der Waals surface area contributed by atoms with E-state index in [1.807, 2.05) is 18.2 Å². The minimum absolute atomic E-state index is 0.0334. The summed E-state index contributed by atoms with van der Waals surface area (Å²) in [4.78, 5) is 45.1. The number of nitrogens with two attached hydrogens (primary N) is 1. The van der Waals surface area contributed by atoms with E-state index in [2.05, 4.69) is 20.6 Å². The Labute approximate surface area is 178 Å². The van der Waals surface area contributed by atoms with Crippen LogP contribution in [0.4, 0.5) is 4.39 Å². The van der Waals surface area contributed by atoms with Gasteiger partial charge < -0.3 is 16.4 Å². The van der Waals surface area contributed by atoms with Crippen molar-refractivity contribution in [1.29, 1.82) is 0 Å². The number of benzene rings is 2.